The van der Waals surface area contributed by atoms with Crippen LogP contribution >= 0.6 is 11.6 Å². The van der Waals surface area contributed by atoms with Crippen molar-refractivity contribution in [3.8, 4) is 0 Å². The van der Waals surface area contributed by atoms with Gasteiger partial charge in [-0.1, -0.05) is 23.7 Å². The first kappa shape index (κ1) is 16.3. The SMILES string of the molecule is O=C(NCCC(=O)N1CCCCC1)[C@@H]1C[C@H]1c1cccc(Cl)c1. The van der Waals surface area contributed by atoms with Crippen LogP contribution in [-0.2, 0) is 9.59 Å². The molecule has 0 unspecified atom stereocenters. The second kappa shape index (κ2) is 7.35. The number of halogens is 1. The number of carbonyl (C=O) groups excluding carboxylic acids is 2. The Kier molecular flexibility index (Phi) is 5.21. The lowest BCUT2D eigenvalue weighted by atomic mass is 10.1. The predicted molar refractivity (Wildman–Crippen MR) is 90.4 cm³/mol. The maximum absolute atomic E-state index is 12.2. The third kappa shape index (κ3) is 4.25. The van der Waals surface area contributed by atoms with E-state index in [-0.39, 0.29) is 23.7 Å². The van der Waals surface area contributed by atoms with E-state index in [0.717, 1.165) is 37.9 Å². The van der Waals surface area contributed by atoms with Gasteiger partial charge < -0.3 is 10.2 Å². The zero-order valence-corrected chi connectivity index (χ0v) is 14.0. The Morgan fingerprint density at radius 1 is 1.22 bits per heavy atom. The van der Waals surface area contributed by atoms with Crippen LogP contribution in [-0.4, -0.2) is 36.3 Å². The molecule has 1 saturated carbocycles. The molecule has 3 rings (SSSR count). The van der Waals surface area contributed by atoms with Crippen LogP contribution < -0.4 is 5.32 Å². The number of piperidine rings is 1. The molecular formula is C18H23ClN2O2. The van der Waals surface area contributed by atoms with Crippen molar-refractivity contribution < 1.29 is 9.59 Å². The minimum absolute atomic E-state index is 0.0264. The summed E-state index contributed by atoms with van der Waals surface area (Å²) >= 11 is 5.99. The summed E-state index contributed by atoms with van der Waals surface area (Å²) in [4.78, 5) is 26.1. The number of nitrogens with one attached hydrogen (secondary N) is 1. The van der Waals surface area contributed by atoms with E-state index >= 15 is 0 Å². The summed E-state index contributed by atoms with van der Waals surface area (Å²) in [5.74, 6) is 0.513. The van der Waals surface area contributed by atoms with E-state index in [1.54, 1.807) is 0 Å². The number of rotatable bonds is 5. The third-order valence-corrected chi connectivity index (χ3v) is 4.99. The number of likely N-dealkylation sites (tertiary alicyclic amines) is 1. The quantitative estimate of drug-likeness (QED) is 0.900. The maximum atomic E-state index is 12.2. The molecule has 0 radical (unpaired) electrons. The van der Waals surface area contributed by atoms with Crippen LogP contribution in [0.15, 0.2) is 24.3 Å². The molecule has 1 N–H and O–H groups in total. The van der Waals surface area contributed by atoms with Crippen molar-refractivity contribution in [1.29, 1.82) is 0 Å². The largest absolute Gasteiger partial charge is 0.355 e. The molecule has 1 aliphatic carbocycles. The minimum Gasteiger partial charge on any atom is -0.355 e. The molecule has 1 heterocycles. The Labute approximate surface area is 142 Å². The lowest BCUT2D eigenvalue weighted by molar-refractivity contribution is -0.132. The molecule has 124 valence electrons. The van der Waals surface area contributed by atoms with Crippen molar-refractivity contribution in [2.45, 2.75) is 38.0 Å². The highest BCUT2D eigenvalue weighted by molar-refractivity contribution is 6.30. The molecule has 1 aliphatic heterocycles. The standard InChI is InChI=1S/C18H23ClN2O2/c19-14-6-4-5-13(11-14)15-12-16(15)18(23)20-8-7-17(22)21-9-2-1-3-10-21/h4-6,11,15-16H,1-3,7-10,12H2,(H,20,23)/t15-,16+/m0/s1. The van der Waals surface area contributed by atoms with Crippen molar-refractivity contribution in [1.82, 2.24) is 10.2 Å². The van der Waals surface area contributed by atoms with Crippen LogP contribution in [0.4, 0.5) is 0 Å². The van der Waals surface area contributed by atoms with Crippen LogP contribution in [0, 0.1) is 5.92 Å². The van der Waals surface area contributed by atoms with Crippen molar-refractivity contribution in [2.75, 3.05) is 19.6 Å². The number of nitrogens with zero attached hydrogens (tertiary/aromatic N) is 1. The zero-order valence-electron chi connectivity index (χ0n) is 13.3. The Bertz CT molecular complexity index is 584. The number of hydrogen-bond acceptors (Lipinski definition) is 2. The maximum Gasteiger partial charge on any atom is 0.224 e. The Hall–Kier alpha value is -1.55. The average molecular weight is 335 g/mol. The zero-order chi connectivity index (χ0) is 16.2. The van der Waals surface area contributed by atoms with Crippen molar-refractivity contribution in [3.63, 3.8) is 0 Å². The first-order valence-corrected chi connectivity index (χ1v) is 8.84. The second-order valence-electron chi connectivity index (χ2n) is 6.49. The van der Waals surface area contributed by atoms with E-state index in [4.69, 9.17) is 11.6 Å². The number of hydrogen-bond donors (Lipinski definition) is 1. The number of amides is 2. The normalized spacial score (nSPS) is 23.4. The van der Waals surface area contributed by atoms with E-state index in [2.05, 4.69) is 5.32 Å². The summed E-state index contributed by atoms with van der Waals surface area (Å²) in [6.07, 6.45) is 4.68. The summed E-state index contributed by atoms with van der Waals surface area (Å²) in [7, 11) is 0. The summed E-state index contributed by atoms with van der Waals surface area (Å²) < 4.78 is 0. The smallest absolute Gasteiger partial charge is 0.224 e. The Balaban J connectivity index is 1.40. The van der Waals surface area contributed by atoms with Gasteiger partial charge in [0.25, 0.3) is 0 Å². The van der Waals surface area contributed by atoms with Gasteiger partial charge in [-0.15, -0.1) is 0 Å². The lowest BCUT2D eigenvalue weighted by Crippen LogP contribution is -2.38. The van der Waals surface area contributed by atoms with Gasteiger partial charge in [0.1, 0.15) is 0 Å². The predicted octanol–water partition coefficient (Wildman–Crippen LogP) is 2.96. The molecule has 1 saturated heterocycles. The first-order valence-electron chi connectivity index (χ1n) is 8.46. The molecule has 1 aromatic rings. The summed E-state index contributed by atoms with van der Waals surface area (Å²) in [6, 6.07) is 7.71. The van der Waals surface area contributed by atoms with Gasteiger partial charge in [-0.2, -0.15) is 0 Å². The summed E-state index contributed by atoms with van der Waals surface area (Å²) in [6.45, 7) is 2.17. The summed E-state index contributed by atoms with van der Waals surface area (Å²) in [5.41, 5.74) is 1.13. The fourth-order valence-electron chi connectivity index (χ4n) is 3.32. The molecule has 0 aromatic heterocycles. The molecule has 5 heteroatoms. The fraction of sp³-hybridized carbons (Fsp3) is 0.556. The van der Waals surface area contributed by atoms with Crippen LogP contribution in [0.1, 0.15) is 43.6 Å². The highest BCUT2D eigenvalue weighted by atomic mass is 35.5. The van der Waals surface area contributed by atoms with Gasteiger partial charge in [-0.05, 0) is 49.3 Å². The van der Waals surface area contributed by atoms with Gasteiger partial charge in [0.2, 0.25) is 11.8 Å². The van der Waals surface area contributed by atoms with E-state index in [0.29, 0.717) is 18.0 Å². The van der Waals surface area contributed by atoms with Crippen LogP contribution in [0.3, 0.4) is 0 Å². The molecular weight excluding hydrogens is 312 g/mol. The average Bonchev–Trinajstić information content (AvgIpc) is 3.36. The van der Waals surface area contributed by atoms with Crippen LogP contribution in [0.5, 0.6) is 0 Å². The van der Waals surface area contributed by atoms with Crippen LogP contribution in [0.2, 0.25) is 5.02 Å². The van der Waals surface area contributed by atoms with Crippen molar-refractivity contribution in [2.24, 2.45) is 5.92 Å². The second-order valence-corrected chi connectivity index (χ2v) is 6.92. The number of carbonyl (C=O) groups is 2. The topological polar surface area (TPSA) is 49.4 Å². The van der Waals surface area contributed by atoms with Crippen LogP contribution in [0.25, 0.3) is 0 Å². The molecule has 2 atom stereocenters. The Morgan fingerprint density at radius 3 is 2.74 bits per heavy atom. The fourth-order valence-corrected chi connectivity index (χ4v) is 3.51. The molecule has 0 bridgehead atoms. The van der Waals surface area contributed by atoms with Gasteiger partial charge >= 0.3 is 0 Å². The van der Waals surface area contributed by atoms with E-state index in [1.165, 1.54) is 6.42 Å². The molecule has 2 amide bonds. The van der Waals surface area contributed by atoms with Gasteiger partial charge in [0.05, 0.1) is 0 Å². The van der Waals surface area contributed by atoms with Gasteiger partial charge in [0.15, 0.2) is 0 Å². The molecule has 2 aliphatic rings. The van der Waals surface area contributed by atoms with Crippen molar-refractivity contribution >= 4 is 23.4 Å². The monoisotopic (exact) mass is 334 g/mol. The highest BCUT2D eigenvalue weighted by Gasteiger charge is 2.43. The third-order valence-electron chi connectivity index (χ3n) is 4.75. The van der Waals surface area contributed by atoms with Gasteiger partial charge in [-0.3, -0.25) is 9.59 Å². The van der Waals surface area contributed by atoms with E-state index < -0.39 is 0 Å². The molecule has 0 spiro atoms. The minimum atomic E-state index is 0.0264. The van der Waals surface area contributed by atoms with Crippen molar-refractivity contribution in [3.05, 3.63) is 34.9 Å². The Morgan fingerprint density at radius 2 is 2.00 bits per heavy atom. The molecule has 1 aromatic carbocycles. The first-order chi connectivity index (χ1) is 11.1. The van der Waals surface area contributed by atoms with Gasteiger partial charge in [0, 0.05) is 37.0 Å². The van der Waals surface area contributed by atoms with E-state index in [9.17, 15) is 9.59 Å². The molecule has 2 fully saturated rings. The molecule has 23 heavy (non-hydrogen) atoms. The van der Waals surface area contributed by atoms with E-state index in [1.807, 2.05) is 29.2 Å². The van der Waals surface area contributed by atoms with Gasteiger partial charge in [-0.25, -0.2) is 0 Å². The number of benzene rings is 1. The highest BCUT2D eigenvalue weighted by Crippen LogP contribution is 2.47. The molecule has 4 nitrogen and oxygen atoms in total. The summed E-state index contributed by atoms with van der Waals surface area (Å²) in [5, 5.41) is 3.62. The lowest BCUT2D eigenvalue weighted by Gasteiger charge is -2.26.